The van der Waals surface area contributed by atoms with Crippen LogP contribution in [0.4, 0.5) is 0 Å². The summed E-state index contributed by atoms with van der Waals surface area (Å²) in [6.07, 6.45) is 0.650. The van der Waals surface area contributed by atoms with E-state index < -0.39 is 9.84 Å². The van der Waals surface area contributed by atoms with Gasteiger partial charge in [0.05, 0.1) is 10.6 Å². The number of nitrogens with one attached hydrogen (secondary N) is 1. The van der Waals surface area contributed by atoms with E-state index in [1.807, 2.05) is 26.1 Å². The average molecular weight is 269 g/mol. The summed E-state index contributed by atoms with van der Waals surface area (Å²) >= 11 is 0. The molecule has 1 N–H and O–H groups in total. The quantitative estimate of drug-likeness (QED) is 0.863. The second-order valence-corrected chi connectivity index (χ2v) is 6.86. The molecule has 0 amide bonds. The van der Waals surface area contributed by atoms with E-state index in [1.54, 1.807) is 12.1 Å². The Bertz CT molecular complexity index is 465. The van der Waals surface area contributed by atoms with Crippen LogP contribution in [0, 0.1) is 0 Å². The molecule has 1 rings (SSSR count). The lowest BCUT2D eigenvalue weighted by molar-refractivity contribution is 0.524. The predicted molar refractivity (Wildman–Crippen MR) is 75.7 cm³/mol. The first kappa shape index (κ1) is 15.2. The van der Waals surface area contributed by atoms with Crippen LogP contribution >= 0.6 is 0 Å². The summed E-state index contributed by atoms with van der Waals surface area (Å²) in [7, 11) is -1.16. The molecule has 1 aromatic carbocycles. The van der Waals surface area contributed by atoms with Gasteiger partial charge in [-0.05, 0) is 44.0 Å². The minimum absolute atomic E-state index is 0.217. The van der Waals surface area contributed by atoms with Crippen LogP contribution in [-0.2, 0) is 9.84 Å². The molecule has 4 heteroatoms. The van der Waals surface area contributed by atoms with Gasteiger partial charge in [0.15, 0.2) is 9.84 Å². The Morgan fingerprint density at radius 3 is 2.17 bits per heavy atom. The third-order valence-corrected chi connectivity index (χ3v) is 5.38. The normalized spacial score (nSPS) is 15.3. The van der Waals surface area contributed by atoms with Crippen molar-refractivity contribution >= 4 is 9.84 Å². The monoisotopic (exact) mass is 269 g/mol. The Balaban J connectivity index is 2.93. The molecule has 0 aromatic heterocycles. The molecule has 0 radical (unpaired) electrons. The number of sulfone groups is 1. The predicted octanol–water partition coefficient (Wildman–Crippen LogP) is 2.58. The zero-order chi connectivity index (χ0) is 13.8. The molecular weight excluding hydrogens is 246 g/mol. The Morgan fingerprint density at radius 1 is 1.17 bits per heavy atom. The van der Waals surface area contributed by atoms with Gasteiger partial charge in [-0.1, -0.05) is 26.0 Å². The molecule has 0 aliphatic carbocycles. The molecule has 1 aromatic rings. The number of rotatable bonds is 6. The van der Waals surface area contributed by atoms with Crippen LogP contribution in [0.5, 0.6) is 0 Å². The van der Waals surface area contributed by atoms with Crippen LogP contribution in [0.25, 0.3) is 0 Å². The molecule has 0 saturated heterocycles. The molecule has 2 atom stereocenters. The van der Waals surface area contributed by atoms with E-state index in [1.165, 1.54) is 0 Å². The topological polar surface area (TPSA) is 46.2 Å². The summed E-state index contributed by atoms with van der Waals surface area (Å²) < 4.78 is 23.8. The fraction of sp³-hybridized carbons (Fsp3) is 0.571. The number of hydrogen-bond acceptors (Lipinski definition) is 3. The van der Waals surface area contributed by atoms with Gasteiger partial charge in [-0.2, -0.15) is 0 Å². The molecule has 2 unspecified atom stereocenters. The first-order valence-corrected chi connectivity index (χ1v) is 8.07. The zero-order valence-electron chi connectivity index (χ0n) is 11.6. The molecular formula is C14H23NO2S. The highest BCUT2D eigenvalue weighted by Crippen LogP contribution is 2.21. The smallest absolute Gasteiger partial charge is 0.178 e. The van der Waals surface area contributed by atoms with Gasteiger partial charge in [0, 0.05) is 6.04 Å². The average Bonchev–Trinajstić information content (AvgIpc) is 2.37. The molecule has 0 fully saturated rings. The maximum atomic E-state index is 11.9. The Labute approximate surface area is 111 Å². The van der Waals surface area contributed by atoms with Gasteiger partial charge in [-0.25, -0.2) is 8.42 Å². The first-order chi connectivity index (χ1) is 8.42. The van der Waals surface area contributed by atoms with Crippen LogP contribution in [0.1, 0.15) is 38.7 Å². The fourth-order valence-electron chi connectivity index (χ4n) is 1.90. The van der Waals surface area contributed by atoms with Crippen molar-refractivity contribution in [1.29, 1.82) is 0 Å². The van der Waals surface area contributed by atoms with Gasteiger partial charge in [0.1, 0.15) is 0 Å². The maximum absolute atomic E-state index is 11.9. The fourth-order valence-corrected chi connectivity index (χ4v) is 3.23. The third kappa shape index (κ3) is 3.56. The molecule has 0 saturated carbocycles. The van der Waals surface area contributed by atoms with Crippen LogP contribution in [0.15, 0.2) is 29.2 Å². The third-order valence-electron chi connectivity index (χ3n) is 3.44. The van der Waals surface area contributed by atoms with Crippen molar-refractivity contribution in [2.75, 3.05) is 12.8 Å². The summed E-state index contributed by atoms with van der Waals surface area (Å²) in [5, 5.41) is 3.21. The Kier molecular flexibility index (Phi) is 5.35. The lowest BCUT2D eigenvalue weighted by Crippen LogP contribution is -2.27. The highest BCUT2D eigenvalue weighted by molar-refractivity contribution is 7.91. The summed E-state index contributed by atoms with van der Waals surface area (Å²) in [5.74, 6) is 0.576. The van der Waals surface area contributed by atoms with E-state index in [4.69, 9.17) is 0 Å². The summed E-state index contributed by atoms with van der Waals surface area (Å²) in [5.41, 5.74) is 1.16. The molecule has 3 nitrogen and oxygen atoms in total. The van der Waals surface area contributed by atoms with E-state index >= 15 is 0 Å². The number of hydrogen-bond donors (Lipinski definition) is 1. The van der Waals surface area contributed by atoms with Crippen LogP contribution in [0.3, 0.4) is 0 Å². The Hall–Kier alpha value is -0.870. The van der Waals surface area contributed by atoms with Gasteiger partial charge in [0.2, 0.25) is 0 Å². The summed E-state index contributed by atoms with van der Waals surface area (Å²) in [4.78, 5) is 0.428. The Morgan fingerprint density at radius 2 is 1.72 bits per heavy atom. The van der Waals surface area contributed by atoms with Crippen molar-refractivity contribution in [3.8, 4) is 0 Å². The molecule has 0 bridgehead atoms. The van der Waals surface area contributed by atoms with E-state index in [9.17, 15) is 8.42 Å². The van der Waals surface area contributed by atoms with E-state index in [2.05, 4.69) is 19.2 Å². The molecule has 0 aliphatic rings. The zero-order valence-corrected chi connectivity index (χ0v) is 12.4. The summed E-state index contributed by atoms with van der Waals surface area (Å²) in [6, 6.07) is 7.64. The molecule has 0 spiro atoms. The highest BCUT2D eigenvalue weighted by Gasteiger charge is 2.15. The van der Waals surface area contributed by atoms with E-state index in [0.717, 1.165) is 5.56 Å². The van der Waals surface area contributed by atoms with Gasteiger partial charge >= 0.3 is 0 Å². The van der Waals surface area contributed by atoms with Gasteiger partial charge in [-0.15, -0.1) is 0 Å². The highest BCUT2D eigenvalue weighted by atomic mass is 32.2. The second kappa shape index (κ2) is 6.34. The lowest BCUT2D eigenvalue weighted by Gasteiger charge is -2.19. The standard InChI is InChI=1S/C14H23NO2S/c1-5-10-18(16,17)14-8-6-13(7-9-14)11(2)12(3)15-4/h6-9,11-12,15H,5,10H2,1-4H3. The van der Waals surface area contributed by atoms with E-state index in [0.29, 0.717) is 23.3 Å². The number of benzene rings is 1. The molecule has 0 aliphatic heterocycles. The van der Waals surface area contributed by atoms with Crippen molar-refractivity contribution in [1.82, 2.24) is 5.32 Å². The minimum atomic E-state index is -3.09. The lowest BCUT2D eigenvalue weighted by atomic mass is 9.95. The summed E-state index contributed by atoms with van der Waals surface area (Å²) in [6.45, 7) is 6.13. The van der Waals surface area contributed by atoms with Crippen molar-refractivity contribution < 1.29 is 8.42 Å². The molecule has 102 valence electrons. The van der Waals surface area contributed by atoms with Gasteiger partial charge < -0.3 is 5.32 Å². The minimum Gasteiger partial charge on any atom is -0.317 e. The second-order valence-electron chi connectivity index (χ2n) is 4.75. The number of likely N-dealkylation sites (N-methyl/N-ethyl adjacent to an activating group) is 1. The van der Waals surface area contributed by atoms with Crippen LogP contribution in [0.2, 0.25) is 0 Å². The van der Waals surface area contributed by atoms with Gasteiger partial charge in [0.25, 0.3) is 0 Å². The first-order valence-electron chi connectivity index (χ1n) is 6.42. The largest absolute Gasteiger partial charge is 0.317 e. The van der Waals surface area contributed by atoms with Crippen molar-refractivity contribution in [3.63, 3.8) is 0 Å². The van der Waals surface area contributed by atoms with Crippen molar-refractivity contribution in [2.45, 2.75) is 44.0 Å². The molecule has 18 heavy (non-hydrogen) atoms. The molecule has 0 heterocycles. The van der Waals surface area contributed by atoms with Crippen LogP contribution in [-0.4, -0.2) is 27.3 Å². The maximum Gasteiger partial charge on any atom is 0.178 e. The van der Waals surface area contributed by atoms with Gasteiger partial charge in [-0.3, -0.25) is 0 Å². The van der Waals surface area contributed by atoms with Crippen LogP contribution < -0.4 is 5.32 Å². The van der Waals surface area contributed by atoms with Crippen molar-refractivity contribution in [2.24, 2.45) is 0 Å². The van der Waals surface area contributed by atoms with Crippen molar-refractivity contribution in [3.05, 3.63) is 29.8 Å². The van der Waals surface area contributed by atoms with E-state index in [-0.39, 0.29) is 5.75 Å². The SMILES string of the molecule is CCCS(=O)(=O)c1ccc(C(C)C(C)NC)cc1.